The SMILES string of the molecule is C=C(C)CNC(=O)Nc1ccc(C(=O)OC)cc1F. The molecule has 0 unspecified atom stereocenters. The topological polar surface area (TPSA) is 67.4 Å². The molecular formula is C13H15FN2O3. The molecular weight excluding hydrogens is 251 g/mol. The van der Waals surface area contributed by atoms with Crippen molar-refractivity contribution in [1.82, 2.24) is 5.32 Å². The average Bonchev–Trinajstić information content (AvgIpc) is 2.37. The highest BCUT2D eigenvalue weighted by atomic mass is 19.1. The van der Waals surface area contributed by atoms with E-state index in [0.29, 0.717) is 6.54 Å². The molecule has 0 radical (unpaired) electrons. The van der Waals surface area contributed by atoms with E-state index in [1.165, 1.54) is 19.2 Å². The number of carbonyl (C=O) groups excluding carboxylic acids is 2. The van der Waals surface area contributed by atoms with E-state index in [2.05, 4.69) is 21.9 Å². The molecule has 102 valence electrons. The Kier molecular flexibility index (Phi) is 5.05. The third-order valence-electron chi connectivity index (χ3n) is 2.19. The number of carbonyl (C=O) groups is 2. The molecule has 1 aromatic carbocycles. The highest BCUT2D eigenvalue weighted by Crippen LogP contribution is 2.16. The number of ether oxygens (including phenoxy) is 1. The predicted octanol–water partition coefficient (Wildman–Crippen LogP) is 2.31. The Hall–Kier alpha value is -2.37. The highest BCUT2D eigenvalue weighted by Gasteiger charge is 2.11. The van der Waals surface area contributed by atoms with E-state index in [9.17, 15) is 14.0 Å². The van der Waals surface area contributed by atoms with Crippen molar-refractivity contribution in [1.29, 1.82) is 0 Å². The second-order valence-corrected chi connectivity index (χ2v) is 3.95. The molecule has 0 saturated heterocycles. The van der Waals surface area contributed by atoms with E-state index in [1.807, 2.05) is 0 Å². The van der Waals surface area contributed by atoms with Crippen LogP contribution in [0.15, 0.2) is 30.4 Å². The molecule has 0 heterocycles. The maximum absolute atomic E-state index is 13.6. The third-order valence-corrected chi connectivity index (χ3v) is 2.19. The largest absolute Gasteiger partial charge is 0.465 e. The number of amides is 2. The van der Waals surface area contributed by atoms with Crippen molar-refractivity contribution >= 4 is 17.7 Å². The average molecular weight is 266 g/mol. The number of rotatable bonds is 4. The summed E-state index contributed by atoms with van der Waals surface area (Å²) < 4.78 is 18.1. The van der Waals surface area contributed by atoms with Gasteiger partial charge in [0.05, 0.1) is 18.4 Å². The second kappa shape index (κ2) is 6.53. The molecule has 0 atom stereocenters. The zero-order valence-corrected chi connectivity index (χ0v) is 10.7. The molecule has 2 amide bonds. The fraction of sp³-hybridized carbons (Fsp3) is 0.231. The first-order valence-electron chi connectivity index (χ1n) is 5.51. The van der Waals surface area contributed by atoms with Gasteiger partial charge in [0.15, 0.2) is 0 Å². The number of halogens is 1. The number of hydrogen-bond donors (Lipinski definition) is 2. The minimum absolute atomic E-state index is 0.0214. The van der Waals surface area contributed by atoms with Gasteiger partial charge in [-0.3, -0.25) is 0 Å². The summed E-state index contributed by atoms with van der Waals surface area (Å²) >= 11 is 0. The summed E-state index contributed by atoms with van der Waals surface area (Å²) in [4.78, 5) is 22.6. The summed E-state index contributed by atoms with van der Waals surface area (Å²) in [7, 11) is 1.21. The lowest BCUT2D eigenvalue weighted by molar-refractivity contribution is 0.0600. The maximum Gasteiger partial charge on any atom is 0.337 e. The molecule has 0 saturated carbocycles. The number of urea groups is 1. The lowest BCUT2D eigenvalue weighted by atomic mass is 10.2. The number of anilines is 1. The number of nitrogens with one attached hydrogen (secondary N) is 2. The molecule has 0 aliphatic carbocycles. The summed E-state index contributed by atoms with van der Waals surface area (Å²) in [5, 5.41) is 4.83. The van der Waals surface area contributed by atoms with Gasteiger partial charge in [-0.05, 0) is 25.1 Å². The van der Waals surface area contributed by atoms with Gasteiger partial charge >= 0.3 is 12.0 Å². The molecule has 0 bridgehead atoms. The monoisotopic (exact) mass is 266 g/mol. The first-order valence-corrected chi connectivity index (χ1v) is 5.51. The van der Waals surface area contributed by atoms with Crippen molar-refractivity contribution < 1.29 is 18.7 Å². The Morgan fingerprint density at radius 1 is 1.42 bits per heavy atom. The van der Waals surface area contributed by atoms with Crippen molar-refractivity contribution in [2.75, 3.05) is 19.0 Å². The van der Waals surface area contributed by atoms with Crippen LogP contribution in [0.5, 0.6) is 0 Å². The summed E-state index contributed by atoms with van der Waals surface area (Å²) in [6.45, 7) is 5.68. The van der Waals surface area contributed by atoms with Gasteiger partial charge < -0.3 is 15.4 Å². The molecule has 0 spiro atoms. The van der Waals surface area contributed by atoms with E-state index in [1.54, 1.807) is 6.92 Å². The molecule has 5 nitrogen and oxygen atoms in total. The molecule has 0 fully saturated rings. The molecule has 2 N–H and O–H groups in total. The van der Waals surface area contributed by atoms with Gasteiger partial charge in [-0.25, -0.2) is 14.0 Å². The van der Waals surface area contributed by atoms with Crippen molar-refractivity contribution in [3.63, 3.8) is 0 Å². The fourth-order valence-electron chi connectivity index (χ4n) is 1.26. The summed E-state index contributed by atoms with van der Waals surface area (Å²) in [5.41, 5.74) is 0.830. The Morgan fingerprint density at radius 3 is 2.63 bits per heavy atom. The van der Waals surface area contributed by atoms with Crippen LogP contribution in [0.2, 0.25) is 0 Å². The van der Waals surface area contributed by atoms with Gasteiger partial charge in [-0.2, -0.15) is 0 Å². The fourth-order valence-corrected chi connectivity index (χ4v) is 1.26. The van der Waals surface area contributed by atoms with Gasteiger partial charge in [0.25, 0.3) is 0 Å². The van der Waals surface area contributed by atoms with E-state index in [4.69, 9.17) is 0 Å². The molecule has 19 heavy (non-hydrogen) atoms. The Balaban J connectivity index is 2.72. The molecule has 0 aliphatic heterocycles. The van der Waals surface area contributed by atoms with E-state index < -0.39 is 17.8 Å². The van der Waals surface area contributed by atoms with Gasteiger partial charge in [-0.15, -0.1) is 0 Å². The van der Waals surface area contributed by atoms with Crippen LogP contribution in [0.1, 0.15) is 17.3 Å². The van der Waals surface area contributed by atoms with Crippen LogP contribution >= 0.6 is 0 Å². The van der Waals surface area contributed by atoms with Gasteiger partial charge in [0.1, 0.15) is 5.82 Å². The minimum Gasteiger partial charge on any atom is -0.465 e. The normalized spacial score (nSPS) is 9.63. The first kappa shape index (κ1) is 14.7. The minimum atomic E-state index is -0.714. The smallest absolute Gasteiger partial charge is 0.337 e. The van der Waals surface area contributed by atoms with Crippen LogP contribution in [-0.4, -0.2) is 25.7 Å². The highest BCUT2D eigenvalue weighted by molar-refractivity contribution is 5.92. The summed E-state index contributed by atoms with van der Waals surface area (Å²) in [5.74, 6) is -1.36. The van der Waals surface area contributed by atoms with Crippen LogP contribution in [0.4, 0.5) is 14.9 Å². The zero-order valence-electron chi connectivity index (χ0n) is 10.7. The van der Waals surface area contributed by atoms with Crippen LogP contribution in [-0.2, 0) is 4.74 Å². The Bertz CT molecular complexity index is 515. The van der Waals surface area contributed by atoms with Crippen LogP contribution in [0.3, 0.4) is 0 Å². The van der Waals surface area contributed by atoms with Crippen molar-refractivity contribution in [2.24, 2.45) is 0 Å². The van der Waals surface area contributed by atoms with E-state index >= 15 is 0 Å². The third kappa shape index (κ3) is 4.42. The number of hydrogen-bond acceptors (Lipinski definition) is 3. The second-order valence-electron chi connectivity index (χ2n) is 3.95. The van der Waals surface area contributed by atoms with Crippen LogP contribution in [0, 0.1) is 5.82 Å². The van der Waals surface area contributed by atoms with Crippen molar-refractivity contribution in [3.8, 4) is 0 Å². The zero-order chi connectivity index (χ0) is 14.4. The predicted molar refractivity (Wildman–Crippen MR) is 69.6 cm³/mol. The van der Waals surface area contributed by atoms with Gasteiger partial charge in [-0.1, -0.05) is 12.2 Å². The standard InChI is InChI=1S/C13H15FN2O3/c1-8(2)7-15-13(18)16-11-5-4-9(6-10(11)14)12(17)19-3/h4-6H,1,7H2,2-3H3,(H2,15,16,18). The van der Waals surface area contributed by atoms with Crippen LogP contribution in [0.25, 0.3) is 0 Å². The molecule has 6 heteroatoms. The quantitative estimate of drug-likeness (QED) is 0.649. The van der Waals surface area contributed by atoms with Crippen molar-refractivity contribution in [3.05, 3.63) is 41.7 Å². The molecule has 0 aliphatic rings. The Morgan fingerprint density at radius 2 is 2.11 bits per heavy atom. The number of benzene rings is 1. The molecule has 1 rings (SSSR count). The lowest BCUT2D eigenvalue weighted by Gasteiger charge is -2.09. The molecule has 0 aromatic heterocycles. The van der Waals surface area contributed by atoms with Crippen molar-refractivity contribution in [2.45, 2.75) is 6.92 Å². The summed E-state index contributed by atoms with van der Waals surface area (Å²) in [6.07, 6.45) is 0. The lowest BCUT2D eigenvalue weighted by Crippen LogP contribution is -2.30. The van der Waals surface area contributed by atoms with E-state index in [0.717, 1.165) is 11.6 Å². The summed E-state index contributed by atoms with van der Waals surface area (Å²) in [6, 6.07) is 3.11. The van der Waals surface area contributed by atoms with Gasteiger partial charge in [0.2, 0.25) is 0 Å². The molecule has 1 aromatic rings. The van der Waals surface area contributed by atoms with E-state index in [-0.39, 0.29) is 11.3 Å². The maximum atomic E-state index is 13.6. The number of esters is 1. The van der Waals surface area contributed by atoms with Crippen LogP contribution < -0.4 is 10.6 Å². The Labute approximate surface area is 110 Å². The van der Waals surface area contributed by atoms with Gasteiger partial charge in [0, 0.05) is 6.54 Å². The first-order chi connectivity index (χ1) is 8.93. The number of methoxy groups -OCH3 is 1.